The van der Waals surface area contributed by atoms with E-state index in [-0.39, 0.29) is 5.82 Å². The maximum absolute atomic E-state index is 14.4. The fourth-order valence-corrected chi connectivity index (χ4v) is 3.41. The number of nitrogen functional groups attached to an aromatic ring is 1. The maximum atomic E-state index is 14.4. The van der Waals surface area contributed by atoms with E-state index in [0.29, 0.717) is 51.5 Å². The fourth-order valence-electron chi connectivity index (χ4n) is 3.41. The van der Waals surface area contributed by atoms with E-state index in [2.05, 4.69) is 32.1 Å². The van der Waals surface area contributed by atoms with Crippen LogP contribution in [0.2, 0.25) is 0 Å². The van der Waals surface area contributed by atoms with E-state index in [1.54, 1.807) is 36.7 Å². The molecule has 8 heteroatoms. The summed E-state index contributed by atoms with van der Waals surface area (Å²) in [7, 11) is 3.73. The van der Waals surface area contributed by atoms with Gasteiger partial charge in [-0.1, -0.05) is 17.9 Å². The summed E-state index contributed by atoms with van der Waals surface area (Å²) in [5.74, 6) is 5.71. The van der Waals surface area contributed by atoms with E-state index in [9.17, 15) is 9.18 Å². The summed E-state index contributed by atoms with van der Waals surface area (Å²) in [5.41, 5.74) is 9.66. The summed E-state index contributed by atoms with van der Waals surface area (Å²) in [6.07, 6.45) is 4.71. The number of halogens is 1. The molecule has 0 aliphatic rings. The zero-order valence-electron chi connectivity index (χ0n) is 19.1. The molecule has 0 saturated carbocycles. The molecular weight excluding hydrogens is 431 g/mol. The van der Waals surface area contributed by atoms with E-state index in [1.807, 2.05) is 32.0 Å². The number of pyridine rings is 3. The summed E-state index contributed by atoms with van der Waals surface area (Å²) in [5, 5.41) is 3.51. The molecule has 0 aliphatic carbocycles. The van der Waals surface area contributed by atoms with Gasteiger partial charge in [-0.15, -0.1) is 0 Å². The molecule has 0 saturated heterocycles. The van der Waals surface area contributed by atoms with Gasteiger partial charge in [0.2, 0.25) is 0 Å². The highest BCUT2D eigenvalue weighted by atomic mass is 19.1. The van der Waals surface area contributed by atoms with Crippen LogP contribution in [-0.2, 0) is 6.54 Å². The molecule has 0 bridgehead atoms. The number of benzene rings is 1. The number of carbonyl (C=O) groups is 1. The third-order valence-corrected chi connectivity index (χ3v) is 5.15. The second-order valence-corrected chi connectivity index (χ2v) is 8.06. The van der Waals surface area contributed by atoms with Gasteiger partial charge in [0.25, 0.3) is 5.91 Å². The minimum absolute atomic E-state index is 0.314. The lowest BCUT2D eigenvalue weighted by Crippen LogP contribution is -2.14. The summed E-state index contributed by atoms with van der Waals surface area (Å²) < 4.78 is 14.4. The Hall–Kier alpha value is -4.35. The lowest BCUT2D eigenvalue weighted by Gasteiger charge is -2.12. The van der Waals surface area contributed by atoms with Crippen molar-refractivity contribution in [2.75, 3.05) is 25.1 Å². The number of aryl methyl sites for hydroxylation is 1. The van der Waals surface area contributed by atoms with Crippen LogP contribution in [-0.4, -0.2) is 39.9 Å². The zero-order chi connectivity index (χ0) is 24.2. The quantitative estimate of drug-likeness (QED) is 0.456. The molecule has 1 amide bonds. The van der Waals surface area contributed by atoms with Gasteiger partial charge < -0.3 is 16.0 Å². The molecule has 170 valence electrons. The van der Waals surface area contributed by atoms with Crippen molar-refractivity contribution in [3.05, 3.63) is 88.8 Å². The van der Waals surface area contributed by atoms with Crippen LogP contribution in [0.3, 0.4) is 0 Å². The van der Waals surface area contributed by atoms with Crippen LogP contribution < -0.4 is 11.1 Å². The third kappa shape index (κ3) is 5.00. The van der Waals surface area contributed by atoms with E-state index in [4.69, 9.17) is 5.73 Å². The van der Waals surface area contributed by atoms with Gasteiger partial charge in [0.05, 0.1) is 16.8 Å². The average molecular weight is 455 g/mol. The molecule has 0 fully saturated rings. The number of nitrogens with zero attached hydrogens (tertiary/aromatic N) is 4. The molecule has 1 aromatic carbocycles. The summed E-state index contributed by atoms with van der Waals surface area (Å²) in [6.45, 7) is 2.28. The molecule has 7 nitrogen and oxygen atoms in total. The molecule has 3 aromatic heterocycles. The Labute approximate surface area is 196 Å². The Bertz CT molecular complexity index is 1460. The summed E-state index contributed by atoms with van der Waals surface area (Å²) in [4.78, 5) is 27.4. The fraction of sp³-hybridized carbons (Fsp3) is 0.154. The second kappa shape index (κ2) is 9.65. The van der Waals surface area contributed by atoms with E-state index in [1.165, 1.54) is 12.3 Å². The van der Waals surface area contributed by atoms with E-state index in [0.717, 1.165) is 5.39 Å². The lowest BCUT2D eigenvalue weighted by atomic mass is 10.1. The highest BCUT2D eigenvalue weighted by molar-refractivity contribution is 6.04. The van der Waals surface area contributed by atoms with Gasteiger partial charge in [-0.05, 0) is 51.4 Å². The first-order valence-corrected chi connectivity index (χ1v) is 10.5. The number of nitrogens with one attached hydrogen (secondary N) is 1. The van der Waals surface area contributed by atoms with Gasteiger partial charge in [-0.25, -0.2) is 9.37 Å². The Morgan fingerprint density at radius 3 is 2.65 bits per heavy atom. The standard InChI is InChI=1S/C26H23FN6O/c1-16-17(6-7-18-13-31-25(28)24-22(18)5-4-10-29-24)11-20(14-30-16)26(34)32-21-9-8-19(15-33(2)3)23(27)12-21/h4-5,8-14H,15H2,1-3H3,(H2,28,31)(H,32,34). The number of hydrogen-bond acceptors (Lipinski definition) is 6. The van der Waals surface area contributed by atoms with Crippen LogP contribution in [0.25, 0.3) is 10.9 Å². The van der Waals surface area contributed by atoms with Gasteiger partial charge >= 0.3 is 0 Å². The highest BCUT2D eigenvalue weighted by Crippen LogP contribution is 2.20. The van der Waals surface area contributed by atoms with Crippen molar-refractivity contribution < 1.29 is 9.18 Å². The van der Waals surface area contributed by atoms with Gasteiger partial charge in [0, 0.05) is 47.3 Å². The van der Waals surface area contributed by atoms with Crippen LogP contribution in [0, 0.1) is 24.6 Å². The van der Waals surface area contributed by atoms with Gasteiger partial charge in [0.15, 0.2) is 0 Å². The molecule has 0 atom stereocenters. The molecule has 3 heterocycles. The van der Waals surface area contributed by atoms with Crippen molar-refractivity contribution in [1.29, 1.82) is 0 Å². The normalized spacial score (nSPS) is 10.7. The molecule has 3 N–H and O–H groups in total. The highest BCUT2D eigenvalue weighted by Gasteiger charge is 2.11. The predicted octanol–water partition coefficient (Wildman–Crippen LogP) is 3.77. The molecule has 0 unspecified atom stereocenters. The molecule has 0 aliphatic heterocycles. The second-order valence-electron chi connectivity index (χ2n) is 8.06. The van der Waals surface area contributed by atoms with E-state index < -0.39 is 5.91 Å². The number of fused-ring (bicyclic) bond motifs is 1. The third-order valence-electron chi connectivity index (χ3n) is 5.15. The SMILES string of the molecule is Cc1ncc(C(=O)Nc2ccc(CN(C)C)c(F)c2)cc1C#Cc1cnc(N)c2ncccc12. The largest absolute Gasteiger partial charge is 0.382 e. The maximum Gasteiger partial charge on any atom is 0.257 e. The lowest BCUT2D eigenvalue weighted by molar-refractivity contribution is 0.102. The van der Waals surface area contributed by atoms with Crippen molar-refractivity contribution in [3.63, 3.8) is 0 Å². The van der Waals surface area contributed by atoms with Crippen LogP contribution in [0.5, 0.6) is 0 Å². The molecule has 34 heavy (non-hydrogen) atoms. The smallest absolute Gasteiger partial charge is 0.257 e. The Kier molecular flexibility index (Phi) is 6.48. The Balaban J connectivity index is 1.59. The molecule has 4 rings (SSSR count). The number of carbonyl (C=O) groups excluding carboxylic acids is 1. The monoisotopic (exact) mass is 454 g/mol. The van der Waals surface area contributed by atoms with Crippen LogP contribution in [0.4, 0.5) is 15.9 Å². The number of nitrogens with two attached hydrogens (primary N) is 1. The number of anilines is 2. The first-order chi connectivity index (χ1) is 16.3. The summed E-state index contributed by atoms with van der Waals surface area (Å²) >= 11 is 0. The van der Waals surface area contributed by atoms with Gasteiger partial charge in [-0.3, -0.25) is 14.8 Å². The number of aromatic nitrogens is 3. The van der Waals surface area contributed by atoms with Crippen LogP contribution in [0.15, 0.2) is 55.0 Å². The molecule has 0 radical (unpaired) electrons. The number of amides is 1. The van der Waals surface area contributed by atoms with Crippen molar-refractivity contribution in [2.45, 2.75) is 13.5 Å². The van der Waals surface area contributed by atoms with Gasteiger partial charge in [-0.2, -0.15) is 0 Å². The van der Waals surface area contributed by atoms with E-state index >= 15 is 0 Å². The minimum atomic E-state index is -0.404. The van der Waals surface area contributed by atoms with Gasteiger partial charge in [0.1, 0.15) is 17.2 Å². The number of rotatable bonds is 4. The zero-order valence-corrected chi connectivity index (χ0v) is 19.1. The average Bonchev–Trinajstić information content (AvgIpc) is 2.81. The molecular formula is C26H23FN6O. The van der Waals surface area contributed by atoms with Crippen LogP contribution >= 0.6 is 0 Å². The van der Waals surface area contributed by atoms with Crippen molar-refractivity contribution in [1.82, 2.24) is 19.9 Å². The first kappa shape index (κ1) is 22.8. The topological polar surface area (TPSA) is 97.0 Å². The Morgan fingerprint density at radius 1 is 1.09 bits per heavy atom. The molecule has 0 spiro atoms. The van der Waals surface area contributed by atoms with Crippen molar-refractivity contribution in [2.24, 2.45) is 0 Å². The van der Waals surface area contributed by atoms with Crippen molar-refractivity contribution in [3.8, 4) is 11.8 Å². The summed E-state index contributed by atoms with van der Waals surface area (Å²) in [6, 6.07) is 9.99. The first-order valence-electron chi connectivity index (χ1n) is 10.5. The minimum Gasteiger partial charge on any atom is -0.382 e. The van der Waals surface area contributed by atoms with Crippen LogP contribution in [0.1, 0.15) is 32.7 Å². The number of hydrogen-bond donors (Lipinski definition) is 2. The predicted molar refractivity (Wildman–Crippen MR) is 131 cm³/mol. The Morgan fingerprint density at radius 2 is 1.88 bits per heavy atom. The molecule has 4 aromatic rings. The van der Waals surface area contributed by atoms with Crippen molar-refractivity contribution >= 4 is 28.3 Å².